The number of likely N-dealkylation sites (tertiary alicyclic amines) is 1. The fourth-order valence-electron chi connectivity index (χ4n) is 4.14. The van der Waals surface area contributed by atoms with Crippen LogP contribution in [0.1, 0.15) is 30.0 Å². The highest BCUT2D eigenvalue weighted by atomic mass is 79.9. The summed E-state index contributed by atoms with van der Waals surface area (Å²) in [6.07, 6.45) is 5.70. The molecule has 1 aliphatic heterocycles. The van der Waals surface area contributed by atoms with Gasteiger partial charge in [-0.2, -0.15) is 0 Å². The highest BCUT2D eigenvalue weighted by Crippen LogP contribution is 2.42. The number of carbonyl (C=O) groups excluding carboxylic acids is 2. The van der Waals surface area contributed by atoms with Gasteiger partial charge in [0.05, 0.1) is 17.5 Å². The number of fused-ring (bicyclic) bond motifs is 1. The molecule has 1 fully saturated rings. The van der Waals surface area contributed by atoms with E-state index in [0.717, 1.165) is 28.4 Å². The van der Waals surface area contributed by atoms with Crippen molar-refractivity contribution in [3.8, 4) is 5.75 Å². The number of benzene rings is 2. The van der Waals surface area contributed by atoms with Gasteiger partial charge in [-0.25, -0.2) is 0 Å². The Hall–Kier alpha value is -2.60. The molecule has 150 valence electrons. The number of allylic oxidation sites excluding steroid dienone is 1. The van der Waals surface area contributed by atoms with E-state index in [9.17, 15) is 9.59 Å². The lowest BCUT2D eigenvalue weighted by Crippen LogP contribution is -2.64. The Morgan fingerprint density at radius 3 is 2.69 bits per heavy atom. The van der Waals surface area contributed by atoms with Crippen molar-refractivity contribution in [1.29, 1.82) is 0 Å². The van der Waals surface area contributed by atoms with Gasteiger partial charge in [0.25, 0.3) is 0 Å². The van der Waals surface area contributed by atoms with Gasteiger partial charge in [0.15, 0.2) is 0 Å². The summed E-state index contributed by atoms with van der Waals surface area (Å²) in [7, 11) is 1.60. The molecule has 0 radical (unpaired) electrons. The number of rotatable bonds is 6. The average molecular weight is 455 g/mol. The summed E-state index contributed by atoms with van der Waals surface area (Å²) >= 11 is 3.50. The third-order valence-corrected chi connectivity index (χ3v) is 6.28. The summed E-state index contributed by atoms with van der Waals surface area (Å²) in [6.45, 7) is 0.420. The number of hydrogen-bond donors (Lipinski definition) is 1. The van der Waals surface area contributed by atoms with E-state index in [0.29, 0.717) is 12.3 Å². The molecule has 0 bridgehead atoms. The third kappa shape index (κ3) is 3.81. The molecule has 29 heavy (non-hydrogen) atoms. The molecule has 1 saturated heterocycles. The maximum atomic E-state index is 13.3. The second-order valence-electron chi connectivity index (χ2n) is 7.36. The smallest absolute Gasteiger partial charge is 0.247 e. The predicted octanol–water partition coefficient (Wildman–Crippen LogP) is 3.99. The number of β-lactam (4-membered cyclic amide) rings is 1. The maximum Gasteiger partial charge on any atom is 0.247 e. The van der Waals surface area contributed by atoms with Gasteiger partial charge in [0, 0.05) is 12.6 Å². The largest absolute Gasteiger partial charge is 0.496 e. The first-order chi connectivity index (χ1) is 14.1. The van der Waals surface area contributed by atoms with E-state index in [1.165, 1.54) is 0 Å². The lowest BCUT2D eigenvalue weighted by molar-refractivity contribution is -0.165. The minimum Gasteiger partial charge on any atom is -0.496 e. The van der Waals surface area contributed by atoms with E-state index in [-0.39, 0.29) is 23.8 Å². The van der Waals surface area contributed by atoms with Gasteiger partial charge in [-0.15, -0.1) is 0 Å². The molecule has 2 aliphatic rings. The first-order valence-electron chi connectivity index (χ1n) is 9.72. The lowest BCUT2D eigenvalue weighted by Gasteiger charge is -2.51. The van der Waals surface area contributed by atoms with Crippen LogP contribution in [0.4, 0.5) is 0 Å². The Balaban J connectivity index is 1.62. The van der Waals surface area contributed by atoms with E-state index in [4.69, 9.17) is 4.74 Å². The summed E-state index contributed by atoms with van der Waals surface area (Å²) in [5, 5.41) is 3.01. The third-order valence-electron chi connectivity index (χ3n) is 5.66. The van der Waals surface area contributed by atoms with Gasteiger partial charge < -0.3 is 15.0 Å². The van der Waals surface area contributed by atoms with Gasteiger partial charge in [0.2, 0.25) is 11.8 Å². The monoisotopic (exact) mass is 454 g/mol. The molecule has 5 nitrogen and oxygen atoms in total. The number of nitrogens with zero attached hydrogens (tertiary/aromatic N) is 1. The van der Waals surface area contributed by atoms with Crippen molar-refractivity contribution >= 4 is 27.7 Å². The van der Waals surface area contributed by atoms with E-state index in [1.807, 2.05) is 48.5 Å². The zero-order valence-corrected chi connectivity index (χ0v) is 17.8. The second-order valence-corrected chi connectivity index (χ2v) is 8.22. The molecular formula is C23H23BrN2O3. The molecule has 0 saturated carbocycles. The number of halogens is 1. The molecule has 1 heterocycles. The quantitative estimate of drug-likeness (QED) is 0.530. The molecule has 2 aromatic rings. The van der Waals surface area contributed by atoms with Crippen molar-refractivity contribution in [3.63, 3.8) is 0 Å². The van der Waals surface area contributed by atoms with Crippen molar-refractivity contribution in [2.24, 2.45) is 5.92 Å². The summed E-state index contributed by atoms with van der Waals surface area (Å²) in [6, 6.07) is 14.7. The van der Waals surface area contributed by atoms with E-state index in [2.05, 4.69) is 33.4 Å². The van der Waals surface area contributed by atoms with Gasteiger partial charge in [0.1, 0.15) is 11.8 Å². The lowest BCUT2D eigenvalue weighted by atomic mass is 9.77. The van der Waals surface area contributed by atoms with Crippen molar-refractivity contribution in [2.75, 3.05) is 7.11 Å². The standard InChI is InChI=1S/C23H23BrN2O3/c1-29-20-12-11-16(13-18(20)24)21(22(27)25-14-15-7-3-2-4-8-15)26-19-10-6-5-9-17(19)23(26)28/h2-8,11-13,17,19,21H,9-10,14H2,1H3,(H,25,27)/t17-,19+,21?/m1/s1. The zero-order chi connectivity index (χ0) is 20.4. The highest BCUT2D eigenvalue weighted by molar-refractivity contribution is 9.10. The topological polar surface area (TPSA) is 58.6 Å². The van der Waals surface area contributed by atoms with Crippen molar-refractivity contribution < 1.29 is 14.3 Å². The molecule has 0 spiro atoms. The number of nitrogens with one attached hydrogen (secondary N) is 1. The average Bonchev–Trinajstić information content (AvgIpc) is 2.76. The highest BCUT2D eigenvalue weighted by Gasteiger charge is 2.51. The van der Waals surface area contributed by atoms with Crippen molar-refractivity contribution in [2.45, 2.75) is 31.5 Å². The van der Waals surface area contributed by atoms with Gasteiger partial charge in [-0.05, 0) is 52.0 Å². The maximum absolute atomic E-state index is 13.3. The predicted molar refractivity (Wildman–Crippen MR) is 114 cm³/mol. The fourth-order valence-corrected chi connectivity index (χ4v) is 4.70. The molecule has 4 rings (SSSR count). The zero-order valence-electron chi connectivity index (χ0n) is 16.2. The first-order valence-corrected chi connectivity index (χ1v) is 10.5. The first kappa shape index (κ1) is 19.7. The Morgan fingerprint density at radius 2 is 1.97 bits per heavy atom. The van der Waals surface area contributed by atoms with Crippen LogP contribution in [0, 0.1) is 5.92 Å². The van der Waals surface area contributed by atoms with Crippen molar-refractivity contribution in [3.05, 3.63) is 76.3 Å². The number of ether oxygens (including phenoxy) is 1. The molecule has 2 amide bonds. The molecule has 6 heteroatoms. The molecule has 1 unspecified atom stereocenters. The van der Waals surface area contributed by atoms with Crippen LogP contribution in [0.2, 0.25) is 0 Å². The number of amides is 2. The van der Waals surface area contributed by atoms with Crippen LogP contribution in [-0.2, 0) is 16.1 Å². The fraction of sp³-hybridized carbons (Fsp3) is 0.304. The Kier molecular flexibility index (Phi) is 5.72. The molecule has 2 aromatic carbocycles. The van der Waals surface area contributed by atoms with Crippen LogP contribution in [-0.4, -0.2) is 29.9 Å². The van der Waals surface area contributed by atoms with Crippen LogP contribution in [0.3, 0.4) is 0 Å². The summed E-state index contributed by atoms with van der Waals surface area (Å²) in [4.78, 5) is 27.9. The SMILES string of the molecule is COc1ccc(C(C(=O)NCc2ccccc2)N2C(=O)[C@@H]3CC=CC[C@@H]32)cc1Br. The summed E-state index contributed by atoms with van der Waals surface area (Å²) in [5.74, 6) is 0.551. The minimum atomic E-state index is -0.666. The van der Waals surface area contributed by atoms with Crippen LogP contribution in [0.5, 0.6) is 5.75 Å². The van der Waals surface area contributed by atoms with Crippen molar-refractivity contribution in [1.82, 2.24) is 10.2 Å². The van der Waals surface area contributed by atoms with Crippen LogP contribution >= 0.6 is 15.9 Å². The summed E-state index contributed by atoms with van der Waals surface area (Å²) in [5.41, 5.74) is 1.79. The molecule has 1 aliphatic carbocycles. The Bertz CT molecular complexity index is 944. The molecule has 1 N–H and O–H groups in total. The van der Waals surface area contributed by atoms with Crippen LogP contribution in [0.25, 0.3) is 0 Å². The van der Waals surface area contributed by atoms with Gasteiger partial charge in [-0.3, -0.25) is 9.59 Å². The van der Waals surface area contributed by atoms with Gasteiger partial charge in [-0.1, -0.05) is 48.6 Å². The normalized spacial score (nSPS) is 21.2. The van der Waals surface area contributed by atoms with E-state index < -0.39 is 6.04 Å². The van der Waals surface area contributed by atoms with E-state index >= 15 is 0 Å². The number of hydrogen-bond acceptors (Lipinski definition) is 3. The molecular weight excluding hydrogens is 432 g/mol. The Labute approximate surface area is 178 Å². The summed E-state index contributed by atoms with van der Waals surface area (Å²) < 4.78 is 6.07. The van der Waals surface area contributed by atoms with Crippen LogP contribution < -0.4 is 10.1 Å². The number of methoxy groups -OCH3 is 1. The number of carbonyl (C=O) groups is 2. The van der Waals surface area contributed by atoms with Gasteiger partial charge >= 0.3 is 0 Å². The molecule has 3 atom stereocenters. The Morgan fingerprint density at radius 1 is 1.21 bits per heavy atom. The second kappa shape index (κ2) is 8.41. The van der Waals surface area contributed by atoms with E-state index in [1.54, 1.807) is 12.0 Å². The van der Waals surface area contributed by atoms with Crippen LogP contribution in [0.15, 0.2) is 65.2 Å². The molecule has 0 aromatic heterocycles. The minimum absolute atomic E-state index is 0.00823.